The standard InChI is InChI=1S/C62H41NO/c1-3-17-51-43(13-1)15-11-24-57(51)55-21-7-5-19-53(55)45-29-36-49(37-30-45)63(48-34-27-42(28-35-48)47-33-40-60-59-23-9-10-26-61(59)64-62(60)41-47)50-38-31-46(32-39-50)54-20-6-8-22-56(54)58-25-12-16-44-14-2-4-18-52(44)58/h1-41H. The molecule has 12 rings (SSSR count). The van der Waals surface area contributed by atoms with Crippen molar-refractivity contribution in [3.63, 3.8) is 0 Å². The van der Waals surface area contributed by atoms with Gasteiger partial charge in [0.15, 0.2) is 0 Å². The van der Waals surface area contributed by atoms with Crippen molar-refractivity contribution in [2.75, 3.05) is 4.90 Å². The predicted molar refractivity (Wildman–Crippen MR) is 271 cm³/mol. The Bertz CT molecular complexity index is 3480. The summed E-state index contributed by atoms with van der Waals surface area (Å²) in [6, 6.07) is 89.7. The summed E-state index contributed by atoms with van der Waals surface area (Å²) in [5, 5.41) is 7.26. The summed E-state index contributed by atoms with van der Waals surface area (Å²) in [6.07, 6.45) is 0. The molecule has 0 amide bonds. The second-order valence-corrected chi connectivity index (χ2v) is 16.4. The van der Waals surface area contributed by atoms with Crippen LogP contribution in [0, 0.1) is 0 Å². The Morgan fingerprint density at radius 1 is 0.234 bits per heavy atom. The van der Waals surface area contributed by atoms with E-state index in [4.69, 9.17) is 4.42 Å². The van der Waals surface area contributed by atoms with Gasteiger partial charge in [-0.15, -0.1) is 0 Å². The fourth-order valence-corrected chi connectivity index (χ4v) is 9.60. The average molecular weight is 816 g/mol. The van der Waals surface area contributed by atoms with Crippen LogP contribution >= 0.6 is 0 Å². The molecule has 0 saturated carbocycles. The zero-order valence-electron chi connectivity index (χ0n) is 35.0. The first kappa shape index (κ1) is 37.3. The van der Waals surface area contributed by atoms with Crippen LogP contribution < -0.4 is 4.90 Å². The van der Waals surface area contributed by atoms with E-state index in [1.54, 1.807) is 0 Å². The smallest absolute Gasteiger partial charge is 0.136 e. The zero-order chi connectivity index (χ0) is 42.4. The van der Waals surface area contributed by atoms with Gasteiger partial charge >= 0.3 is 0 Å². The van der Waals surface area contributed by atoms with Crippen LogP contribution in [-0.2, 0) is 0 Å². The molecule has 0 radical (unpaired) electrons. The molecule has 2 heteroatoms. The van der Waals surface area contributed by atoms with Crippen LogP contribution in [0.1, 0.15) is 0 Å². The van der Waals surface area contributed by atoms with Crippen LogP contribution in [0.3, 0.4) is 0 Å². The second kappa shape index (κ2) is 15.8. The molecule has 0 atom stereocenters. The minimum absolute atomic E-state index is 0.897. The highest BCUT2D eigenvalue weighted by atomic mass is 16.3. The normalized spacial score (nSPS) is 11.4. The van der Waals surface area contributed by atoms with Gasteiger partial charge in [0, 0.05) is 27.8 Å². The Morgan fingerprint density at radius 3 is 1.14 bits per heavy atom. The van der Waals surface area contributed by atoms with E-state index in [0.29, 0.717) is 0 Å². The average Bonchev–Trinajstić information content (AvgIpc) is 3.75. The summed E-state index contributed by atoms with van der Waals surface area (Å²) < 4.78 is 6.27. The maximum Gasteiger partial charge on any atom is 0.136 e. The Balaban J connectivity index is 0.935. The monoisotopic (exact) mass is 815 g/mol. The first-order valence-electron chi connectivity index (χ1n) is 21.9. The van der Waals surface area contributed by atoms with Gasteiger partial charge in [-0.3, -0.25) is 0 Å². The van der Waals surface area contributed by atoms with Crippen LogP contribution in [0.4, 0.5) is 17.1 Å². The second-order valence-electron chi connectivity index (χ2n) is 16.4. The van der Waals surface area contributed by atoms with Crippen LogP contribution in [0.2, 0.25) is 0 Å². The van der Waals surface area contributed by atoms with E-state index < -0.39 is 0 Å². The van der Waals surface area contributed by atoms with Gasteiger partial charge in [0.25, 0.3) is 0 Å². The molecule has 0 aliphatic rings. The van der Waals surface area contributed by atoms with Crippen LogP contribution in [0.25, 0.3) is 99.1 Å². The first-order chi connectivity index (χ1) is 31.7. The number of fused-ring (bicyclic) bond motifs is 5. The topological polar surface area (TPSA) is 16.4 Å². The molecule has 12 aromatic rings. The number of hydrogen-bond donors (Lipinski definition) is 0. The minimum atomic E-state index is 0.897. The van der Waals surface area contributed by atoms with Gasteiger partial charge in [-0.1, -0.05) is 194 Å². The molecule has 1 aromatic heterocycles. The molecule has 0 saturated heterocycles. The summed E-state index contributed by atoms with van der Waals surface area (Å²) in [6.45, 7) is 0. The maximum absolute atomic E-state index is 6.27. The molecular weight excluding hydrogens is 775 g/mol. The van der Waals surface area contributed by atoms with E-state index in [0.717, 1.165) is 50.1 Å². The molecule has 11 aromatic carbocycles. The fourth-order valence-electron chi connectivity index (χ4n) is 9.60. The van der Waals surface area contributed by atoms with Crippen molar-refractivity contribution < 1.29 is 4.42 Å². The highest BCUT2D eigenvalue weighted by Gasteiger charge is 2.17. The van der Waals surface area contributed by atoms with E-state index in [2.05, 4.69) is 241 Å². The SMILES string of the molecule is c1ccc(-c2cccc3ccccc23)c(-c2ccc(N(c3ccc(-c4ccc5c(c4)oc4ccccc45)cc3)c3ccc(-c4ccccc4-c4cccc5ccccc45)cc3)cc2)c1. The van der Waals surface area contributed by atoms with Crippen molar-refractivity contribution in [1.82, 2.24) is 0 Å². The molecule has 2 nitrogen and oxygen atoms in total. The lowest BCUT2D eigenvalue weighted by Gasteiger charge is -2.26. The Morgan fingerprint density at radius 2 is 0.609 bits per heavy atom. The van der Waals surface area contributed by atoms with Crippen molar-refractivity contribution in [1.29, 1.82) is 0 Å². The highest BCUT2D eigenvalue weighted by molar-refractivity contribution is 6.06. The van der Waals surface area contributed by atoms with E-state index >= 15 is 0 Å². The Kier molecular flexibility index (Phi) is 9.20. The molecular formula is C62H41NO. The van der Waals surface area contributed by atoms with Crippen molar-refractivity contribution in [3.8, 4) is 55.6 Å². The first-order valence-corrected chi connectivity index (χ1v) is 21.9. The number of furan rings is 1. The number of anilines is 3. The van der Waals surface area contributed by atoms with Gasteiger partial charge in [0.1, 0.15) is 11.2 Å². The number of hydrogen-bond acceptors (Lipinski definition) is 2. The predicted octanol–water partition coefficient (Wildman–Crippen LogP) is 17.7. The van der Waals surface area contributed by atoms with Crippen LogP contribution in [-0.4, -0.2) is 0 Å². The third kappa shape index (κ3) is 6.61. The molecule has 0 N–H and O–H groups in total. The summed E-state index contributed by atoms with van der Waals surface area (Å²) in [5.41, 5.74) is 16.9. The Labute approximate surface area is 372 Å². The van der Waals surface area contributed by atoms with Gasteiger partial charge in [-0.2, -0.15) is 0 Å². The van der Waals surface area contributed by atoms with Gasteiger partial charge < -0.3 is 9.32 Å². The number of para-hydroxylation sites is 1. The van der Waals surface area contributed by atoms with Crippen molar-refractivity contribution in [2.24, 2.45) is 0 Å². The number of nitrogens with zero attached hydrogens (tertiary/aromatic N) is 1. The molecule has 0 spiro atoms. The van der Waals surface area contributed by atoms with E-state index in [9.17, 15) is 0 Å². The van der Waals surface area contributed by atoms with Gasteiger partial charge in [-0.05, 0) is 132 Å². The summed E-state index contributed by atoms with van der Waals surface area (Å²) >= 11 is 0. The molecule has 0 unspecified atom stereocenters. The lowest BCUT2D eigenvalue weighted by Crippen LogP contribution is -2.09. The highest BCUT2D eigenvalue weighted by Crippen LogP contribution is 2.42. The number of benzene rings is 11. The molecule has 64 heavy (non-hydrogen) atoms. The molecule has 0 fully saturated rings. The third-order valence-electron chi connectivity index (χ3n) is 12.7. The van der Waals surface area contributed by atoms with Crippen molar-refractivity contribution in [2.45, 2.75) is 0 Å². The van der Waals surface area contributed by atoms with Gasteiger partial charge in [-0.25, -0.2) is 0 Å². The quantitative estimate of drug-likeness (QED) is 0.152. The van der Waals surface area contributed by atoms with Crippen LogP contribution in [0.5, 0.6) is 0 Å². The minimum Gasteiger partial charge on any atom is -0.456 e. The largest absolute Gasteiger partial charge is 0.456 e. The lowest BCUT2D eigenvalue weighted by molar-refractivity contribution is 0.669. The molecule has 1 heterocycles. The summed E-state index contributed by atoms with van der Waals surface area (Å²) in [4.78, 5) is 2.35. The maximum atomic E-state index is 6.27. The van der Waals surface area contributed by atoms with E-state index in [1.807, 2.05) is 12.1 Å². The van der Waals surface area contributed by atoms with Crippen molar-refractivity contribution in [3.05, 3.63) is 249 Å². The molecule has 0 aliphatic carbocycles. The van der Waals surface area contributed by atoms with Crippen LogP contribution in [0.15, 0.2) is 253 Å². The number of rotatable bonds is 8. The third-order valence-corrected chi connectivity index (χ3v) is 12.7. The van der Waals surface area contributed by atoms with Gasteiger partial charge in [0.05, 0.1) is 0 Å². The lowest BCUT2D eigenvalue weighted by atomic mass is 9.91. The van der Waals surface area contributed by atoms with E-state index in [-0.39, 0.29) is 0 Å². The fraction of sp³-hybridized carbons (Fsp3) is 0. The molecule has 300 valence electrons. The summed E-state index contributed by atoms with van der Waals surface area (Å²) in [5.74, 6) is 0. The van der Waals surface area contributed by atoms with Crippen molar-refractivity contribution >= 4 is 60.5 Å². The molecule has 0 bridgehead atoms. The Hall–Kier alpha value is -8.46. The summed E-state index contributed by atoms with van der Waals surface area (Å²) in [7, 11) is 0. The zero-order valence-corrected chi connectivity index (χ0v) is 35.0. The van der Waals surface area contributed by atoms with Gasteiger partial charge in [0.2, 0.25) is 0 Å². The van der Waals surface area contributed by atoms with E-state index in [1.165, 1.54) is 66.1 Å². The molecule has 0 aliphatic heterocycles.